The van der Waals surface area contributed by atoms with E-state index >= 15 is 0 Å². The van der Waals surface area contributed by atoms with Crippen LogP contribution in [0.25, 0.3) is 5.57 Å². The zero-order valence-corrected chi connectivity index (χ0v) is 22.3. The summed E-state index contributed by atoms with van der Waals surface area (Å²) in [6.45, 7) is 6.04. The molecule has 1 heterocycles. The Balaban J connectivity index is 1.31. The number of hydrogen-bond acceptors (Lipinski definition) is 3. The Bertz CT molecular complexity index is 1210. The van der Waals surface area contributed by atoms with E-state index in [1.54, 1.807) is 19.1 Å². The maximum absolute atomic E-state index is 13.9. The van der Waals surface area contributed by atoms with Crippen molar-refractivity contribution in [2.24, 2.45) is 40.9 Å². The Morgan fingerprint density at radius 2 is 2.00 bits per heavy atom. The van der Waals surface area contributed by atoms with E-state index in [-0.39, 0.29) is 40.9 Å². The van der Waals surface area contributed by atoms with Crippen molar-refractivity contribution < 1.29 is 18.7 Å². The number of carbonyl (C=O) groups excluding carboxylic acids is 2. The molecule has 1 saturated heterocycles. The molecule has 1 aliphatic heterocycles. The van der Waals surface area contributed by atoms with Crippen molar-refractivity contribution in [3.05, 3.63) is 65.0 Å². The molecule has 8 atom stereocenters. The molecule has 0 amide bonds. The number of hydrogen-bond donors (Lipinski definition) is 0. The first-order valence-corrected chi connectivity index (χ1v) is 14.3. The lowest BCUT2D eigenvalue weighted by atomic mass is 9.48. The summed E-state index contributed by atoms with van der Waals surface area (Å²) in [5.74, 6) is 2.18. The molecular formula is C33H39FO3. The SMILES string of the molecule is CC(=O)CC[C@H]1CCC23CC(C4=CC=C(c5cccc(F)c5)C(C)C4)=C[C@H]2[C@@H]2[C@@H](C)OC(=O)[C@@H]2C[C@@H]3C1. The van der Waals surface area contributed by atoms with Gasteiger partial charge in [-0.1, -0.05) is 37.3 Å². The van der Waals surface area contributed by atoms with E-state index in [1.165, 1.54) is 35.6 Å². The molecule has 2 unspecified atom stereocenters. The second kappa shape index (κ2) is 9.36. The van der Waals surface area contributed by atoms with Crippen molar-refractivity contribution in [3.8, 4) is 0 Å². The topological polar surface area (TPSA) is 43.4 Å². The molecule has 37 heavy (non-hydrogen) atoms. The number of carbonyl (C=O) groups is 2. The van der Waals surface area contributed by atoms with E-state index in [0.29, 0.717) is 30.1 Å². The van der Waals surface area contributed by atoms with E-state index in [1.807, 2.05) is 6.07 Å². The predicted octanol–water partition coefficient (Wildman–Crippen LogP) is 7.47. The largest absolute Gasteiger partial charge is 0.462 e. The van der Waals surface area contributed by atoms with E-state index in [0.717, 1.165) is 37.7 Å². The molecule has 196 valence electrons. The van der Waals surface area contributed by atoms with E-state index in [2.05, 4.69) is 32.1 Å². The van der Waals surface area contributed by atoms with Crippen LogP contribution >= 0.6 is 0 Å². The van der Waals surface area contributed by atoms with Crippen LogP contribution in [0.5, 0.6) is 0 Å². The highest BCUT2D eigenvalue weighted by molar-refractivity contribution is 5.76. The molecular weight excluding hydrogens is 463 g/mol. The molecule has 0 N–H and O–H groups in total. The van der Waals surface area contributed by atoms with Crippen LogP contribution in [0.4, 0.5) is 4.39 Å². The molecule has 1 aromatic rings. The molecule has 4 heteroatoms. The van der Waals surface area contributed by atoms with E-state index in [9.17, 15) is 14.0 Å². The molecule has 1 aromatic carbocycles. The number of ketones is 1. The van der Waals surface area contributed by atoms with Crippen molar-refractivity contribution in [3.63, 3.8) is 0 Å². The van der Waals surface area contributed by atoms with Crippen LogP contribution < -0.4 is 0 Å². The molecule has 4 aliphatic carbocycles. The lowest BCUT2D eigenvalue weighted by Gasteiger charge is -2.55. The second-order valence-electron chi connectivity index (χ2n) is 12.7. The van der Waals surface area contributed by atoms with Gasteiger partial charge in [-0.3, -0.25) is 4.79 Å². The van der Waals surface area contributed by atoms with Gasteiger partial charge in [-0.2, -0.15) is 0 Å². The monoisotopic (exact) mass is 502 g/mol. The third-order valence-corrected chi connectivity index (χ3v) is 10.6. The lowest BCUT2D eigenvalue weighted by Crippen LogP contribution is -2.50. The highest BCUT2D eigenvalue weighted by atomic mass is 19.1. The van der Waals surface area contributed by atoms with Gasteiger partial charge < -0.3 is 9.53 Å². The molecule has 5 aliphatic rings. The fraction of sp³-hybridized carbons (Fsp3) is 0.576. The van der Waals surface area contributed by atoms with Crippen LogP contribution in [-0.2, 0) is 14.3 Å². The average molecular weight is 503 g/mol. The van der Waals surface area contributed by atoms with Crippen molar-refractivity contribution >= 4 is 17.3 Å². The minimum absolute atomic E-state index is 0.00646. The number of halogens is 1. The third kappa shape index (κ3) is 4.25. The standard InChI is InChI=1S/C33H39FO3/c1-19-13-23(9-10-28(19)24-5-4-6-27(34)15-24)25-16-30-31-21(3)37-32(36)29(31)17-26-14-22(8-7-20(2)35)11-12-33(26,30)18-25/h4-6,9-10,15-16,19,21-22,26,29-31H,7-8,11-14,17-18H2,1-3H3/t19?,21-,22+,26+,29-,30+,31-,33?/m1/s1. The summed E-state index contributed by atoms with van der Waals surface area (Å²) in [6, 6.07) is 6.92. The lowest BCUT2D eigenvalue weighted by molar-refractivity contribution is -0.145. The minimum Gasteiger partial charge on any atom is -0.462 e. The summed E-state index contributed by atoms with van der Waals surface area (Å²) < 4.78 is 19.7. The highest BCUT2D eigenvalue weighted by Gasteiger charge is 2.63. The number of benzene rings is 1. The van der Waals surface area contributed by atoms with E-state index in [4.69, 9.17) is 4.74 Å². The zero-order chi connectivity index (χ0) is 25.9. The first-order valence-electron chi connectivity index (χ1n) is 14.3. The molecule has 3 fully saturated rings. The van der Waals surface area contributed by atoms with Crippen molar-refractivity contribution in [2.75, 3.05) is 0 Å². The van der Waals surface area contributed by atoms with Crippen molar-refractivity contribution in [2.45, 2.75) is 78.2 Å². The first-order chi connectivity index (χ1) is 17.7. The number of esters is 1. The summed E-state index contributed by atoms with van der Waals surface area (Å²) in [6.07, 6.45) is 15.1. The minimum atomic E-state index is -0.191. The maximum Gasteiger partial charge on any atom is 0.309 e. The van der Waals surface area contributed by atoms with Crippen LogP contribution in [0.2, 0.25) is 0 Å². The summed E-state index contributed by atoms with van der Waals surface area (Å²) in [5, 5.41) is 0. The van der Waals surface area contributed by atoms with Gasteiger partial charge in [-0.15, -0.1) is 0 Å². The van der Waals surface area contributed by atoms with Gasteiger partial charge in [-0.05, 0) is 122 Å². The number of allylic oxidation sites excluding steroid dienone is 6. The van der Waals surface area contributed by atoms with E-state index < -0.39 is 0 Å². The van der Waals surface area contributed by atoms with Crippen LogP contribution in [0.1, 0.15) is 77.7 Å². The van der Waals surface area contributed by atoms with Gasteiger partial charge in [0.1, 0.15) is 17.7 Å². The van der Waals surface area contributed by atoms with Gasteiger partial charge in [0, 0.05) is 12.3 Å². The van der Waals surface area contributed by atoms with Gasteiger partial charge in [0.15, 0.2) is 0 Å². The van der Waals surface area contributed by atoms with Crippen LogP contribution in [0.3, 0.4) is 0 Å². The number of rotatable bonds is 5. The quantitative estimate of drug-likeness (QED) is 0.392. The average Bonchev–Trinajstić information content (AvgIpc) is 3.38. The maximum atomic E-state index is 13.9. The Morgan fingerprint density at radius 1 is 1.16 bits per heavy atom. The Hall–Kier alpha value is -2.49. The van der Waals surface area contributed by atoms with Gasteiger partial charge in [0.2, 0.25) is 0 Å². The molecule has 0 bridgehead atoms. The fourth-order valence-electron chi connectivity index (χ4n) is 8.82. The van der Waals surface area contributed by atoms with Crippen LogP contribution in [-0.4, -0.2) is 17.9 Å². The van der Waals surface area contributed by atoms with Crippen molar-refractivity contribution in [1.29, 1.82) is 0 Å². The Kier molecular flexibility index (Phi) is 6.28. The molecule has 0 aromatic heterocycles. The molecule has 3 nitrogen and oxygen atoms in total. The number of ether oxygens (including phenoxy) is 1. The van der Waals surface area contributed by atoms with Crippen LogP contribution in [0, 0.1) is 46.7 Å². The summed E-state index contributed by atoms with van der Waals surface area (Å²) in [5.41, 5.74) is 5.25. The fourth-order valence-corrected chi connectivity index (χ4v) is 8.82. The Morgan fingerprint density at radius 3 is 2.76 bits per heavy atom. The van der Waals surface area contributed by atoms with Gasteiger partial charge in [-0.25, -0.2) is 4.39 Å². The number of fused-ring (bicyclic) bond motifs is 2. The summed E-state index contributed by atoms with van der Waals surface area (Å²) >= 11 is 0. The van der Waals surface area contributed by atoms with Crippen molar-refractivity contribution in [1.82, 2.24) is 0 Å². The zero-order valence-electron chi connectivity index (χ0n) is 22.3. The summed E-state index contributed by atoms with van der Waals surface area (Å²) in [4.78, 5) is 24.5. The number of cyclic esters (lactones) is 1. The first kappa shape index (κ1) is 24.8. The van der Waals surface area contributed by atoms with Gasteiger partial charge >= 0.3 is 5.97 Å². The molecule has 1 spiro atoms. The van der Waals surface area contributed by atoms with Crippen LogP contribution in [0.15, 0.2) is 53.6 Å². The third-order valence-electron chi connectivity index (χ3n) is 10.6. The van der Waals surface area contributed by atoms with Gasteiger partial charge in [0.25, 0.3) is 0 Å². The highest BCUT2D eigenvalue weighted by Crippen LogP contribution is 2.67. The number of Topliss-reactive ketones (excluding diaryl/α,β-unsaturated/α-hetero) is 1. The predicted molar refractivity (Wildman–Crippen MR) is 143 cm³/mol. The normalized spacial score (nSPS) is 38.5. The molecule has 6 rings (SSSR count). The second-order valence-corrected chi connectivity index (χ2v) is 12.7. The Labute approximate surface area is 220 Å². The smallest absolute Gasteiger partial charge is 0.309 e. The summed E-state index contributed by atoms with van der Waals surface area (Å²) in [7, 11) is 0. The van der Waals surface area contributed by atoms with Gasteiger partial charge in [0.05, 0.1) is 5.92 Å². The molecule has 2 saturated carbocycles. The molecule has 0 radical (unpaired) electrons.